The van der Waals surface area contributed by atoms with Gasteiger partial charge in [0.1, 0.15) is 23.7 Å². The van der Waals surface area contributed by atoms with Gasteiger partial charge in [0, 0.05) is 19.3 Å². The lowest BCUT2D eigenvalue weighted by atomic mass is 10.0. The van der Waals surface area contributed by atoms with Gasteiger partial charge >= 0.3 is 0 Å². The molecule has 0 fully saturated rings. The second kappa shape index (κ2) is 4.80. The van der Waals surface area contributed by atoms with Gasteiger partial charge in [-0.1, -0.05) is 24.3 Å². The molecule has 0 saturated carbocycles. The first-order valence-electron chi connectivity index (χ1n) is 7.72. The van der Waals surface area contributed by atoms with Crippen molar-refractivity contribution in [2.24, 2.45) is 0 Å². The molecule has 0 aliphatic carbocycles. The van der Waals surface area contributed by atoms with E-state index in [1.165, 1.54) is 22.3 Å². The highest BCUT2D eigenvalue weighted by atomic mass is 16.5. The molecule has 0 N–H and O–H groups in total. The fourth-order valence-electron chi connectivity index (χ4n) is 3.36. The standard InChI is InChI=1S/C19H20O2/c1-12-3-5-16-11-17(21-18(16)7-12)9-14-4-6-15-8-13(2)20-19(15)10-14/h3-7,10,13,17H,8-9,11H2,1-2H3. The maximum absolute atomic E-state index is 6.09. The zero-order valence-corrected chi connectivity index (χ0v) is 12.6. The fourth-order valence-corrected chi connectivity index (χ4v) is 3.36. The van der Waals surface area contributed by atoms with Gasteiger partial charge in [-0.2, -0.15) is 0 Å². The topological polar surface area (TPSA) is 18.5 Å². The molecule has 2 aliphatic rings. The van der Waals surface area contributed by atoms with Crippen molar-refractivity contribution in [1.82, 2.24) is 0 Å². The summed E-state index contributed by atoms with van der Waals surface area (Å²) < 4.78 is 11.9. The van der Waals surface area contributed by atoms with Crippen molar-refractivity contribution in [1.29, 1.82) is 0 Å². The van der Waals surface area contributed by atoms with E-state index in [2.05, 4.69) is 50.2 Å². The van der Waals surface area contributed by atoms with Gasteiger partial charge in [-0.15, -0.1) is 0 Å². The van der Waals surface area contributed by atoms with Crippen LogP contribution in [-0.2, 0) is 19.3 Å². The second-order valence-corrected chi connectivity index (χ2v) is 6.33. The highest BCUT2D eigenvalue weighted by Gasteiger charge is 2.24. The first-order valence-corrected chi connectivity index (χ1v) is 7.72. The molecular formula is C19H20O2. The van der Waals surface area contributed by atoms with Gasteiger partial charge in [-0.3, -0.25) is 0 Å². The molecule has 0 radical (unpaired) electrons. The first kappa shape index (κ1) is 12.8. The van der Waals surface area contributed by atoms with E-state index in [0.29, 0.717) is 6.10 Å². The molecule has 2 heteroatoms. The molecule has 2 aromatic rings. The summed E-state index contributed by atoms with van der Waals surface area (Å²) in [7, 11) is 0. The predicted octanol–water partition coefficient (Wildman–Crippen LogP) is 3.86. The number of rotatable bonds is 2. The van der Waals surface area contributed by atoms with E-state index in [1.807, 2.05) is 0 Å². The van der Waals surface area contributed by atoms with Crippen molar-refractivity contribution in [2.75, 3.05) is 0 Å². The van der Waals surface area contributed by atoms with Crippen LogP contribution in [0.1, 0.15) is 29.2 Å². The third-order valence-corrected chi connectivity index (χ3v) is 4.39. The first-order chi connectivity index (χ1) is 10.2. The lowest BCUT2D eigenvalue weighted by Gasteiger charge is -2.12. The molecular weight excluding hydrogens is 260 g/mol. The van der Waals surface area contributed by atoms with Crippen molar-refractivity contribution in [3.8, 4) is 11.5 Å². The fraction of sp³-hybridized carbons (Fsp3) is 0.368. The number of ether oxygens (including phenoxy) is 2. The molecule has 0 saturated heterocycles. The number of hydrogen-bond donors (Lipinski definition) is 0. The van der Waals surface area contributed by atoms with Crippen LogP contribution >= 0.6 is 0 Å². The Hall–Kier alpha value is -1.96. The van der Waals surface area contributed by atoms with Crippen molar-refractivity contribution in [3.05, 3.63) is 58.7 Å². The minimum absolute atomic E-state index is 0.249. The average Bonchev–Trinajstić information content (AvgIpc) is 2.99. The second-order valence-electron chi connectivity index (χ2n) is 6.33. The van der Waals surface area contributed by atoms with Gasteiger partial charge in [-0.25, -0.2) is 0 Å². The van der Waals surface area contributed by atoms with Crippen LogP contribution in [0.25, 0.3) is 0 Å². The summed E-state index contributed by atoms with van der Waals surface area (Å²) in [5.41, 5.74) is 5.22. The Kier molecular flexibility index (Phi) is 2.91. The lowest BCUT2D eigenvalue weighted by molar-refractivity contribution is 0.232. The van der Waals surface area contributed by atoms with Crippen LogP contribution in [0.2, 0.25) is 0 Å². The molecule has 2 nitrogen and oxygen atoms in total. The van der Waals surface area contributed by atoms with E-state index in [0.717, 1.165) is 30.8 Å². The van der Waals surface area contributed by atoms with Crippen molar-refractivity contribution in [2.45, 2.75) is 45.3 Å². The molecule has 2 aromatic carbocycles. The average molecular weight is 280 g/mol. The summed E-state index contributed by atoms with van der Waals surface area (Å²) in [6, 6.07) is 13.1. The maximum Gasteiger partial charge on any atom is 0.123 e. The largest absolute Gasteiger partial charge is 0.490 e. The summed E-state index contributed by atoms with van der Waals surface area (Å²) >= 11 is 0. The van der Waals surface area contributed by atoms with Gasteiger partial charge in [0.25, 0.3) is 0 Å². The Balaban J connectivity index is 1.50. The van der Waals surface area contributed by atoms with Crippen LogP contribution in [0.5, 0.6) is 11.5 Å². The molecule has 0 bridgehead atoms. The van der Waals surface area contributed by atoms with Crippen molar-refractivity contribution in [3.63, 3.8) is 0 Å². The zero-order chi connectivity index (χ0) is 14.4. The van der Waals surface area contributed by atoms with E-state index in [-0.39, 0.29) is 6.10 Å². The third-order valence-electron chi connectivity index (χ3n) is 4.39. The quantitative estimate of drug-likeness (QED) is 0.831. The van der Waals surface area contributed by atoms with Gasteiger partial charge in [0.15, 0.2) is 0 Å². The maximum atomic E-state index is 6.09. The van der Waals surface area contributed by atoms with E-state index in [1.54, 1.807) is 0 Å². The predicted molar refractivity (Wildman–Crippen MR) is 83.2 cm³/mol. The molecule has 0 aromatic heterocycles. The van der Waals surface area contributed by atoms with Gasteiger partial charge in [-0.05, 0) is 48.2 Å². The Bertz CT molecular complexity index is 690. The summed E-state index contributed by atoms with van der Waals surface area (Å²) in [4.78, 5) is 0. The Morgan fingerprint density at radius 1 is 0.952 bits per heavy atom. The van der Waals surface area contributed by atoms with E-state index < -0.39 is 0 Å². The summed E-state index contributed by atoms with van der Waals surface area (Å²) in [6.07, 6.45) is 3.53. The van der Waals surface area contributed by atoms with Crippen LogP contribution < -0.4 is 9.47 Å². The van der Waals surface area contributed by atoms with E-state index >= 15 is 0 Å². The van der Waals surface area contributed by atoms with Crippen LogP contribution in [0.3, 0.4) is 0 Å². The van der Waals surface area contributed by atoms with Crippen molar-refractivity contribution < 1.29 is 9.47 Å². The Morgan fingerprint density at radius 3 is 2.62 bits per heavy atom. The Labute approximate surface area is 125 Å². The third kappa shape index (κ3) is 2.39. The van der Waals surface area contributed by atoms with Crippen LogP contribution in [0, 0.1) is 6.92 Å². The summed E-state index contributed by atoms with van der Waals surface area (Å²) in [5, 5.41) is 0. The van der Waals surface area contributed by atoms with Gasteiger partial charge in [0.2, 0.25) is 0 Å². The van der Waals surface area contributed by atoms with Crippen LogP contribution in [0.4, 0.5) is 0 Å². The molecule has 0 spiro atoms. The smallest absolute Gasteiger partial charge is 0.123 e. The number of aryl methyl sites for hydroxylation is 1. The summed E-state index contributed by atoms with van der Waals surface area (Å²) in [6.45, 7) is 4.23. The number of fused-ring (bicyclic) bond motifs is 2. The number of benzene rings is 2. The van der Waals surface area contributed by atoms with E-state index in [9.17, 15) is 0 Å². The molecule has 2 aliphatic heterocycles. The van der Waals surface area contributed by atoms with E-state index in [4.69, 9.17) is 9.47 Å². The van der Waals surface area contributed by atoms with Crippen molar-refractivity contribution >= 4 is 0 Å². The van der Waals surface area contributed by atoms with Crippen LogP contribution in [0.15, 0.2) is 36.4 Å². The van der Waals surface area contributed by atoms with Gasteiger partial charge < -0.3 is 9.47 Å². The van der Waals surface area contributed by atoms with Gasteiger partial charge in [0.05, 0.1) is 0 Å². The highest BCUT2D eigenvalue weighted by molar-refractivity contribution is 5.43. The number of hydrogen-bond acceptors (Lipinski definition) is 2. The molecule has 21 heavy (non-hydrogen) atoms. The molecule has 2 atom stereocenters. The summed E-state index contributed by atoms with van der Waals surface area (Å²) in [5.74, 6) is 2.12. The molecule has 2 unspecified atom stereocenters. The molecule has 0 amide bonds. The minimum Gasteiger partial charge on any atom is -0.490 e. The zero-order valence-electron chi connectivity index (χ0n) is 12.6. The Morgan fingerprint density at radius 2 is 1.71 bits per heavy atom. The highest BCUT2D eigenvalue weighted by Crippen LogP contribution is 2.33. The molecule has 2 heterocycles. The monoisotopic (exact) mass is 280 g/mol. The lowest BCUT2D eigenvalue weighted by Crippen LogP contribution is -2.16. The minimum atomic E-state index is 0.249. The molecule has 108 valence electrons. The SMILES string of the molecule is Cc1ccc2c(c1)OC(Cc1ccc3c(c1)OC(C)C3)C2. The molecule has 4 rings (SSSR count). The van der Waals surface area contributed by atoms with Crippen LogP contribution in [-0.4, -0.2) is 12.2 Å². The normalized spacial score (nSPS) is 22.4.